The molecule has 0 heterocycles. The number of carboxylic acid groups (broad SMARTS) is 1. The Labute approximate surface area is 134 Å². The highest BCUT2D eigenvalue weighted by atomic mass is 16.5. The van der Waals surface area contributed by atoms with Crippen molar-refractivity contribution in [3.8, 4) is 12.1 Å². The monoisotopic (exact) mass is 315 g/mol. The van der Waals surface area contributed by atoms with Crippen molar-refractivity contribution in [1.82, 2.24) is 5.32 Å². The van der Waals surface area contributed by atoms with Gasteiger partial charge in [0.05, 0.1) is 12.1 Å². The highest BCUT2D eigenvalue weighted by Gasteiger charge is 2.39. The van der Waals surface area contributed by atoms with Crippen molar-refractivity contribution in [2.75, 3.05) is 0 Å². The van der Waals surface area contributed by atoms with E-state index in [9.17, 15) is 14.7 Å². The fourth-order valence-corrected chi connectivity index (χ4v) is 2.01. The number of hydrogen-bond donors (Lipinski definition) is 2. The van der Waals surface area contributed by atoms with E-state index in [1.54, 1.807) is 24.3 Å². The van der Waals surface area contributed by atoms with Gasteiger partial charge in [0.25, 0.3) is 0 Å². The number of carbonyl (C=O) groups excluding carboxylic acids is 1. The molecule has 1 aromatic carbocycles. The van der Waals surface area contributed by atoms with Crippen LogP contribution in [0.25, 0.3) is 0 Å². The maximum atomic E-state index is 11.9. The fourth-order valence-electron chi connectivity index (χ4n) is 2.01. The molecular weight excluding hydrogens is 298 g/mol. The molecule has 0 aliphatic rings. The molecule has 0 aliphatic carbocycles. The van der Waals surface area contributed by atoms with E-state index in [1.807, 2.05) is 18.2 Å². The van der Waals surface area contributed by atoms with Crippen molar-refractivity contribution in [2.45, 2.75) is 37.8 Å². The third-order valence-corrected chi connectivity index (χ3v) is 3.29. The molecule has 0 fully saturated rings. The number of hydrogen-bond acceptors (Lipinski definition) is 5. The normalized spacial score (nSPS) is 10.2. The van der Waals surface area contributed by atoms with Crippen LogP contribution in [0.1, 0.15) is 31.2 Å². The highest BCUT2D eigenvalue weighted by molar-refractivity contribution is 5.84. The topological polar surface area (TPSA) is 123 Å². The van der Waals surface area contributed by atoms with Crippen molar-refractivity contribution in [3.05, 3.63) is 35.9 Å². The van der Waals surface area contributed by atoms with Crippen LogP contribution in [0.5, 0.6) is 0 Å². The van der Waals surface area contributed by atoms with E-state index in [0.717, 1.165) is 5.56 Å². The summed E-state index contributed by atoms with van der Waals surface area (Å²) >= 11 is 0. The van der Waals surface area contributed by atoms with Crippen LogP contribution in [0.3, 0.4) is 0 Å². The summed E-state index contributed by atoms with van der Waals surface area (Å²) in [6.07, 6.45) is -1.21. The van der Waals surface area contributed by atoms with Crippen molar-refractivity contribution in [1.29, 1.82) is 10.5 Å². The molecule has 1 rings (SSSR count). The van der Waals surface area contributed by atoms with E-state index in [4.69, 9.17) is 15.3 Å². The van der Waals surface area contributed by atoms with E-state index < -0.39 is 17.6 Å². The summed E-state index contributed by atoms with van der Waals surface area (Å²) in [7, 11) is 0. The number of benzene rings is 1. The van der Waals surface area contributed by atoms with Crippen molar-refractivity contribution >= 4 is 12.1 Å². The molecule has 23 heavy (non-hydrogen) atoms. The Morgan fingerprint density at radius 1 is 1.13 bits per heavy atom. The number of nitriles is 2. The maximum absolute atomic E-state index is 11.9. The summed E-state index contributed by atoms with van der Waals surface area (Å²) in [6.45, 7) is -0.00112. The predicted octanol–water partition coefficient (Wildman–Crippen LogP) is 2.34. The predicted molar refractivity (Wildman–Crippen MR) is 79.8 cm³/mol. The van der Waals surface area contributed by atoms with Crippen molar-refractivity contribution < 1.29 is 19.4 Å². The molecule has 2 N–H and O–H groups in total. The molecule has 1 aromatic rings. The van der Waals surface area contributed by atoms with Gasteiger partial charge in [-0.25, -0.2) is 9.59 Å². The van der Waals surface area contributed by atoms with E-state index in [1.165, 1.54) is 0 Å². The summed E-state index contributed by atoms with van der Waals surface area (Å²) < 4.78 is 5.01. The molecule has 7 nitrogen and oxygen atoms in total. The number of alkyl carbamates (subject to hydrolysis) is 1. The second-order valence-corrected chi connectivity index (χ2v) is 4.89. The minimum atomic E-state index is -1.68. The molecule has 0 bridgehead atoms. The minimum Gasteiger partial charge on any atom is -0.480 e. The molecular formula is C16H17N3O4. The Hall–Kier alpha value is -3.06. The highest BCUT2D eigenvalue weighted by Crippen LogP contribution is 2.20. The van der Waals surface area contributed by atoms with Crippen LogP contribution < -0.4 is 5.32 Å². The molecule has 0 atom stereocenters. The molecule has 0 unspecified atom stereocenters. The molecule has 0 saturated carbocycles. The number of ether oxygens (including phenoxy) is 1. The number of carbonyl (C=O) groups is 2. The fraction of sp³-hybridized carbons (Fsp3) is 0.375. The minimum absolute atomic E-state index is 0.00112. The zero-order chi connectivity index (χ0) is 17.1. The van der Waals surface area contributed by atoms with Gasteiger partial charge in [0.1, 0.15) is 12.1 Å². The first-order valence-electron chi connectivity index (χ1n) is 7.00. The third kappa shape index (κ3) is 5.68. The number of rotatable bonds is 8. The van der Waals surface area contributed by atoms with Gasteiger partial charge >= 0.3 is 12.1 Å². The maximum Gasteiger partial charge on any atom is 0.408 e. The van der Waals surface area contributed by atoms with Crippen molar-refractivity contribution in [3.63, 3.8) is 0 Å². The van der Waals surface area contributed by atoms with Crippen LogP contribution in [0.4, 0.5) is 4.79 Å². The largest absolute Gasteiger partial charge is 0.480 e. The summed E-state index contributed by atoms with van der Waals surface area (Å²) in [6, 6.07) is 12.6. The quantitative estimate of drug-likeness (QED) is 0.759. The second-order valence-electron chi connectivity index (χ2n) is 4.89. The number of amides is 1. The van der Waals surface area contributed by atoms with Gasteiger partial charge in [-0.05, 0) is 18.4 Å². The number of aliphatic carboxylic acids is 1. The lowest BCUT2D eigenvalue weighted by molar-refractivity contribution is -0.145. The lowest BCUT2D eigenvalue weighted by Crippen LogP contribution is -2.54. The zero-order valence-electron chi connectivity index (χ0n) is 12.5. The van der Waals surface area contributed by atoms with Crippen LogP contribution >= 0.6 is 0 Å². The summed E-state index contributed by atoms with van der Waals surface area (Å²) in [5, 5.41) is 29.1. The smallest absolute Gasteiger partial charge is 0.408 e. The van der Waals surface area contributed by atoms with E-state index >= 15 is 0 Å². The Morgan fingerprint density at radius 2 is 1.70 bits per heavy atom. The number of carboxylic acids is 1. The molecule has 0 radical (unpaired) electrons. The van der Waals surface area contributed by atoms with Crippen LogP contribution in [-0.4, -0.2) is 22.7 Å². The van der Waals surface area contributed by atoms with Gasteiger partial charge < -0.3 is 15.2 Å². The van der Waals surface area contributed by atoms with Gasteiger partial charge in [-0.1, -0.05) is 30.3 Å². The standard InChI is InChI=1S/C16H17N3O4/c17-10-4-8-16(14(20)21,9-5-11-18)19-15(22)23-12-13-6-2-1-3-7-13/h1-3,6-7H,4-5,8-9,12H2,(H,19,22)(H,20,21). The number of nitrogens with one attached hydrogen (secondary N) is 1. The second kappa shape index (κ2) is 9.06. The van der Waals surface area contributed by atoms with Gasteiger partial charge in [-0.2, -0.15) is 10.5 Å². The molecule has 0 aromatic heterocycles. The van der Waals surface area contributed by atoms with Gasteiger partial charge in [0.2, 0.25) is 0 Å². The van der Waals surface area contributed by atoms with Gasteiger partial charge in [0.15, 0.2) is 0 Å². The lowest BCUT2D eigenvalue weighted by Gasteiger charge is -2.28. The molecule has 0 aliphatic heterocycles. The molecule has 1 amide bonds. The lowest BCUT2D eigenvalue weighted by atomic mass is 9.88. The summed E-state index contributed by atoms with van der Waals surface area (Å²) in [5.74, 6) is -1.29. The third-order valence-electron chi connectivity index (χ3n) is 3.29. The average Bonchev–Trinajstić information content (AvgIpc) is 2.56. The van der Waals surface area contributed by atoms with E-state index in [0.29, 0.717) is 0 Å². The average molecular weight is 315 g/mol. The SMILES string of the molecule is N#CCCC(CCC#N)(NC(=O)OCc1ccccc1)C(=O)O. The first kappa shape index (κ1) is 18.0. The van der Waals surface area contributed by atoms with Gasteiger partial charge in [-0.3, -0.25) is 0 Å². The van der Waals surface area contributed by atoms with Gasteiger partial charge in [-0.15, -0.1) is 0 Å². The van der Waals surface area contributed by atoms with Crippen LogP contribution in [-0.2, 0) is 16.1 Å². The van der Waals surface area contributed by atoms with Gasteiger partial charge in [0, 0.05) is 12.8 Å². The summed E-state index contributed by atoms with van der Waals surface area (Å²) in [5.41, 5.74) is -0.920. The molecule has 0 spiro atoms. The first-order valence-corrected chi connectivity index (χ1v) is 7.00. The number of nitrogens with zero attached hydrogens (tertiary/aromatic N) is 2. The van der Waals surface area contributed by atoms with Crippen LogP contribution in [0.15, 0.2) is 30.3 Å². The zero-order valence-corrected chi connectivity index (χ0v) is 12.5. The molecule has 120 valence electrons. The van der Waals surface area contributed by atoms with Crippen molar-refractivity contribution in [2.24, 2.45) is 0 Å². The van der Waals surface area contributed by atoms with Crippen LogP contribution in [0, 0.1) is 22.7 Å². The van der Waals surface area contributed by atoms with E-state index in [2.05, 4.69) is 5.32 Å². The molecule has 0 saturated heterocycles. The Bertz CT molecular complexity index is 598. The Kier molecular flexibility index (Phi) is 7.09. The van der Waals surface area contributed by atoms with Crippen LogP contribution in [0.2, 0.25) is 0 Å². The van der Waals surface area contributed by atoms with E-state index in [-0.39, 0.29) is 32.3 Å². The first-order chi connectivity index (χ1) is 11.0. The Balaban J connectivity index is 2.74. The molecule has 7 heteroatoms. The Morgan fingerprint density at radius 3 is 2.17 bits per heavy atom. The summed E-state index contributed by atoms with van der Waals surface area (Å²) in [4.78, 5) is 23.5.